The second-order valence-electron chi connectivity index (χ2n) is 4.33. The highest BCUT2D eigenvalue weighted by Gasteiger charge is 2.13. The van der Waals surface area contributed by atoms with Crippen LogP contribution in [0.4, 0.5) is 0 Å². The number of methoxy groups -OCH3 is 1. The quantitative estimate of drug-likeness (QED) is 0.767. The number of carbonyl (C=O) groups excluding carboxylic acids is 1. The fourth-order valence-corrected chi connectivity index (χ4v) is 2.00. The summed E-state index contributed by atoms with van der Waals surface area (Å²) in [5, 5.41) is 0. The van der Waals surface area contributed by atoms with Gasteiger partial charge in [-0.25, -0.2) is 0 Å². The molecule has 0 saturated heterocycles. The van der Waals surface area contributed by atoms with E-state index in [1.807, 2.05) is 56.3 Å². The second-order valence-corrected chi connectivity index (χ2v) is 4.33. The molecule has 2 aromatic carbocycles. The first-order chi connectivity index (χ1) is 8.63. The third kappa shape index (κ3) is 2.28. The van der Waals surface area contributed by atoms with Crippen LogP contribution in [0.15, 0.2) is 42.5 Å². The molecule has 2 nitrogen and oxygen atoms in total. The lowest BCUT2D eigenvalue weighted by Gasteiger charge is -2.10. The Balaban J connectivity index is 2.46. The minimum atomic E-state index is 0.0545. The average molecular weight is 240 g/mol. The van der Waals surface area contributed by atoms with E-state index in [0.717, 1.165) is 22.4 Å². The van der Waals surface area contributed by atoms with Crippen molar-refractivity contribution in [1.29, 1.82) is 0 Å². The number of rotatable bonds is 3. The van der Waals surface area contributed by atoms with Crippen molar-refractivity contribution in [2.75, 3.05) is 7.11 Å². The number of aryl methyl sites for hydroxylation is 2. The van der Waals surface area contributed by atoms with Crippen molar-refractivity contribution < 1.29 is 9.53 Å². The number of hydrogen-bond donors (Lipinski definition) is 0. The van der Waals surface area contributed by atoms with Gasteiger partial charge >= 0.3 is 0 Å². The topological polar surface area (TPSA) is 26.3 Å². The molecule has 92 valence electrons. The van der Waals surface area contributed by atoms with E-state index < -0.39 is 0 Å². The SMILES string of the molecule is COc1cc(C)c(C(=O)c2ccccc2)cc1C. The van der Waals surface area contributed by atoms with Crippen LogP contribution in [0.1, 0.15) is 27.0 Å². The summed E-state index contributed by atoms with van der Waals surface area (Å²) in [6, 6.07) is 13.1. The molecule has 0 unspecified atom stereocenters. The van der Waals surface area contributed by atoms with E-state index in [1.165, 1.54) is 0 Å². The largest absolute Gasteiger partial charge is 0.496 e. The molecule has 0 aliphatic rings. The molecule has 18 heavy (non-hydrogen) atoms. The number of hydrogen-bond acceptors (Lipinski definition) is 2. The van der Waals surface area contributed by atoms with Gasteiger partial charge in [0.25, 0.3) is 0 Å². The summed E-state index contributed by atoms with van der Waals surface area (Å²) in [6.45, 7) is 3.87. The van der Waals surface area contributed by atoms with Crippen molar-refractivity contribution in [3.63, 3.8) is 0 Å². The van der Waals surface area contributed by atoms with Crippen LogP contribution in [0.25, 0.3) is 0 Å². The molecule has 0 fully saturated rings. The molecule has 0 aliphatic carbocycles. The molecule has 0 aliphatic heterocycles. The van der Waals surface area contributed by atoms with Gasteiger partial charge in [-0.1, -0.05) is 30.3 Å². The number of carbonyl (C=O) groups is 1. The third-order valence-corrected chi connectivity index (χ3v) is 3.02. The van der Waals surface area contributed by atoms with Gasteiger partial charge in [0.05, 0.1) is 7.11 Å². The molecule has 0 spiro atoms. The standard InChI is InChI=1S/C16H16O2/c1-11-10-15(18-3)12(2)9-14(11)16(17)13-7-5-4-6-8-13/h4-10H,1-3H3. The maximum Gasteiger partial charge on any atom is 0.193 e. The number of ether oxygens (including phenoxy) is 1. The molecule has 0 aromatic heterocycles. The van der Waals surface area contributed by atoms with Crippen LogP contribution in [-0.4, -0.2) is 12.9 Å². The fourth-order valence-electron chi connectivity index (χ4n) is 2.00. The van der Waals surface area contributed by atoms with Crippen LogP contribution in [0.5, 0.6) is 5.75 Å². The van der Waals surface area contributed by atoms with Crippen molar-refractivity contribution in [2.45, 2.75) is 13.8 Å². The van der Waals surface area contributed by atoms with E-state index in [9.17, 15) is 4.79 Å². The predicted octanol–water partition coefficient (Wildman–Crippen LogP) is 3.54. The van der Waals surface area contributed by atoms with Crippen LogP contribution < -0.4 is 4.74 Å². The molecule has 0 bridgehead atoms. The molecule has 0 amide bonds. The number of ketones is 1. The summed E-state index contributed by atoms with van der Waals surface area (Å²) in [5.74, 6) is 0.871. The van der Waals surface area contributed by atoms with Crippen LogP contribution >= 0.6 is 0 Å². The molecule has 2 aromatic rings. The molecule has 0 heterocycles. The van der Waals surface area contributed by atoms with E-state index in [1.54, 1.807) is 7.11 Å². The van der Waals surface area contributed by atoms with Crippen molar-refractivity contribution in [3.8, 4) is 5.75 Å². The Labute approximate surface area is 107 Å². The van der Waals surface area contributed by atoms with Gasteiger partial charge in [-0.2, -0.15) is 0 Å². The van der Waals surface area contributed by atoms with E-state index >= 15 is 0 Å². The van der Waals surface area contributed by atoms with Gasteiger partial charge in [-0.15, -0.1) is 0 Å². The van der Waals surface area contributed by atoms with E-state index in [0.29, 0.717) is 5.56 Å². The van der Waals surface area contributed by atoms with E-state index in [2.05, 4.69) is 0 Å². The normalized spacial score (nSPS) is 10.2. The highest BCUT2D eigenvalue weighted by atomic mass is 16.5. The highest BCUT2D eigenvalue weighted by molar-refractivity contribution is 6.10. The van der Waals surface area contributed by atoms with Crippen molar-refractivity contribution >= 4 is 5.78 Å². The Kier molecular flexibility index (Phi) is 3.47. The minimum absolute atomic E-state index is 0.0545. The van der Waals surface area contributed by atoms with Crippen molar-refractivity contribution in [1.82, 2.24) is 0 Å². The summed E-state index contributed by atoms with van der Waals surface area (Å²) < 4.78 is 5.25. The van der Waals surface area contributed by atoms with Crippen LogP contribution in [0.3, 0.4) is 0 Å². The zero-order valence-corrected chi connectivity index (χ0v) is 10.9. The Morgan fingerprint density at radius 1 is 1.00 bits per heavy atom. The molecule has 0 saturated carbocycles. The van der Waals surface area contributed by atoms with Gasteiger partial charge in [0, 0.05) is 11.1 Å². The lowest BCUT2D eigenvalue weighted by Crippen LogP contribution is -2.04. The summed E-state index contributed by atoms with van der Waals surface area (Å²) >= 11 is 0. The Hall–Kier alpha value is -2.09. The maximum atomic E-state index is 12.4. The summed E-state index contributed by atoms with van der Waals surface area (Å²) in [7, 11) is 1.64. The Morgan fingerprint density at radius 2 is 1.67 bits per heavy atom. The first-order valence-corrected chi connectivity index (χ1v) is 5.88. The van der Waals surface area contributed by atoms with Gasteiger partial charge in [0.1, 0.15) is 5.75 Å². The van der Waals surface area contributed by atoms with Gasteiger partial charge in [-0.05, 0) is 37.1 Å². The monoisotopic (exact) mass is 240 g/mol. The highest BCUT2D eigenvalue weighted by Crippen LogP contribution is 2.24. The Morgan fingerprint density at radius 3 is 2.28 bits per heavy atom. The smallest absolute Gasteiger partial charge is 0.193 e. The van der Waals surface area contributed by atoms with E-state index in [-0.39, 0.29) is 5.78 Å². The molecule has 2 rings (SSSR count). The summed E-state index contributed by atoms with van der Waals surface area (Å²) in [5.41, 5.74) is 3.36. The maximum absolute atomic E-state index is 12.4. The third-order valence-electron chi connectivity index (χ3n) is 3.02. The summed E-state index contributed by atoms with van der Waals surface area (Å²) in [4.78, 5) is 12.4. The lowest BCUT2D eigenvalue weighted by molar-refractivity contribution is 0.103. The molecule has 0 N–H and O–H groups in total. The molecule has 0 atom stereocenters. The van der Waals surface area contributed by atoms with E-state index in [4.69, 9.17) is 4.74 Å². The van der Waals surface area contributed by atoms with Crippen molar-refractivity contribution in [2.24, 2.45) is 0 Å². The minimum Gasteiger partial charge on any atom is -0.496 e. The van der Waals surface area contributed by atoms with Crippen LogP contribution in [-0.2, 0) is 0 Å². The fraction of sp³-hybridized carbons (Fsp3) is 0.188. The van der Waals surface area contributed by atoms with Crippen LogP contribution in [0.2, 0.25) is 0 Å². The lowest BCUT2D eigenvalue weighted by atomic mass is 9.97. The predicted molar refractivity (Wildman–Crippen MR) is 72.3 cm³/mol. The average Bonchev–Trinajstić information content (AvgIpc) is 2.41. The molecule has 2 heteroatoms. The van der Waals surface area contributed by atoms with Gasteiger partial charge in [-0.3, -0.25) is 4.79 Å². The second kappa shape index (κ2) is 5.05. The number of benzene rings is 2. The first kappa shape index (κ1) is 12.4. The van der Waals surface area contributed by atoms with Gasteiger partial charge in [0.15, 0.2) is 5.78 Å². The first-order valence-electron chi connectivity index (χ1n) is 5.88. The van der Waals surface area contributed by atoms with Crippen molar-refractivity contribution in [3.05, 3.63) is 64.7 Å². The zero-order chi connectivity index (χ0) is 13.1. The van der Waals surface area contributed by atoms with Gasteiger partial charge < -0.3 is 4.74 Å². The summed E-state index contributed by atoms with van der Waals surface area (Å²) in [6.07, 6.45) is 0. The Bertz CT molecular complexity index is 571. The molecular formula is C16H16O2. The van der Waals surface area contributed by atoms with Crippen LogP contribution in [0, 0.1) is 13.8 Å². The zero-order valence-electron chi connectivity index (χ0n) is 10.9. The van der Waals surface area contributed by atoms with Gasteiger partial charge in [0.2, 0.25) is 0 Å². The molecule has 0 radical (unpaired) electrons. The molecular weight excluding hydrogens is 224 g/mol.